The Bertz CT molecular complexity index is 106. The number of likely N-dealkylation sites (tertiary alicyclic amines) is 1. The average Bonchev–Trinajstić information content (AvgIpc) is 1.83. The molecule has 11 heavy (non-hydrogen) atoms. The Morgan fingerprint density at radius 1 is 1.00 bits per heavy atom. The zero-order chi connectivity index (χ0) is 8.32. The second kappa shape index (κ2) is 3.57. The van der Waals surface area contributed by atoms with Gasteiger partial charge in [0, 0.05) is 0 Å². The Morgan fingerprint density at radius 3 is 1.91 bits per heavy atom. The molecule has 0 aromatic rings. The van der Waals surface area contributed by atoms with Gasteiger partial charge in [0.15, 0.2) is 0 Å². The first-order valence-electron chi connectivity index (χ1n) is 4.79. The molecule has 0 atom stereocenters. The van der Waals surface area contributed by atoms with E-state index in [9.17, 15) is 0 Å². The van der Waals surface area contributed by atoms with Gasteiger partial charge in [-0.1, -0.05) is 13.8 Å². The van der Waals surface area contributed by atoms with Crippen LogP contribution in [0.15, 0.2) is 0 Å². The van der Waals surface area contributed by atoms with Crippen molar-refractivity contribution in [3.05, 3.63) is 0 Å². The lowest BCUT2D eigenvalue weighted by Gasteiger charge is -2.30. The molecular weight excluding hydrogens is 134 g/mol. The molecule has 1 heterocycles. The summed E-state index contributed by atoms with van der Waals surface area (Å²) in [5.41, 5.74) is 0.612. The lowest BCUT2D eigenvalue weighted by Crippen LogP contribution is -2.27. The van der Waals surface area contributed by atoms with Gasteiger partial charge < -0.3 is 4.90 Å². The summed E-state index contributed by atoms with van der Waals surface area (Å²) in [6.45, 7) is 7.39. The van der Waals surface area contributed by atoms with Gasteiger partial charge in [-0.25, -0.2) is 0 Å². The largest absolute Gasteiger partial charge is 0.306 e. The molecule has 1 heteroatoms. The summed E-state index contributed by atoms with van der Waals surface area (Å²) in [5.74, 6) is 0. The van der Waals surface area contributed by atoms with Gasteiger partial charge in [-0.15, -0.1) is 0 Å². The van der Waals surface area contributed by atoms with Crippen LogP contribution in [0.4, 0.5) is 0 Å². The summed E-state index contributed by atoms with van der Waals surface area (Å²) in [5, 5.41) is 0. The molecule has 0 N–H and O–H groups in total. The van der Waals surface area contributed by atoms with Crippen molar-refractivity contribution in [1.82, 2.24) is 4.90 Å². The number of hydrogen-bond acceptors (Lipinski definition) is 1. The zero-order valence-electron chi connectivity index (χ0n) is 8.19. The highest BCUT2D eigenvalue weighted by molar-refractivity contribution is 4.72. The van der Waals surface area contributed by atoms with Crippen molar-refractivity contribution in [2.45, 2.75) is 39.5 Å². The van der Waals surface area contributed by atoms with Crippen molar-refractivity contribution in [3.63, 3.8) is 0 Å². The van der Waals surface area contributed by atoms with Crippen LogP contribution in [0.1, 0.15) is 39.5 Å². The molecule has 0 aromatic carbocycles. The Labute approximate surface area is 70.8 Å². The molecular formula is C10H21N. The molecule has 0 radical (unpaired) electrons. The van der Waals surface area contributed by atoms with Crippen LogP contribution < -0.4 is 0 Å². The lowest BCUT2D eigenvalue weighted by atomic mass is 9.82. The van der Waals surface area contributed by atoms with Crippen LogP contribution in [-0.4, -0.2) is 25.0 Å². The Kier molecular flexibility index (Phi) is 2.94. The van der Waals surface area contributed by atoms with E-state index in [1.807, 2.05) is 0 Å². The quantitative estimate of drug-likeness (QED) is 0.519. The van der Waals surface area contributed by atoms with E-state index in [1.165, 1.54) is 38.8 Å². The van der Waals surface area contributed by atoms with E-state index >= 15 is 0 Å². The maximum Gasteiger partial charge on any atom is -0.00216 e. The highest BCUT2D eigenvalue weighted by Gasteiger charge is 2.19. The maximum atomic E-state index is 2.45. The second-order valence-corrected chi connectivity index (χ2v) is 4.67. The number of hydrogen-bond donors (Lipinski definition) is 0. The molecule has 0 aromatic heterocycles. The number of nitrogens with zero attached hydrogens (tertiary/aromatic N) is 1. The molecule has 1 aliphatic rings. The van der Waals surface area contributed by atoms with Crippen molar-refractivity contribution >= 4 is 0 Å². The summed E-state index contributed by atoms with van der Waals surface area (Å²) < 4.78 is 0. The fourth-order valence-corrected chi connectivity index (χ4v) is 1.89. The van der Waals surface area contributed by atoms with E-state index in [0.717, 1.165) is 0 Å². The zero-order valence-corrected chi connectivity index (χ0v) is 8.19. The van der Waals surface area contributed by atoms with E-state index in [2.05, 4.69) is 25.8 Å². The van der Waals surface area contributed by atoms with Crippen LogP contribution >= 0.6 is 0 Å². The first-order valence-corrected chi connectivity index (χ1v) is 4.79. The third kappa shape index (κ3) is 3.24. The molecule has 0 amide bonds. The van der Waals surface area contributed by atoms with Crippen LogP contribution in [0.25, 0.3) is 0 Å². The van der Waals surface area contributed by atoms with E-state index < -0.39 is 0 Å². The minimum Gasteiger partial charge on any atom is -0.306 e. The van der Waals surface area contributed by atoms with Gasteiger partial charge in [0.2, 0.25) is 0 Å². The predicted molar refractivity (Wildman–Crippen MR) is 49.7 cm³/mol. The van der Waals surface area contributed by atoms with Gasteiger partial charge in [0.1, 0.15) is 0 Å². The number of rotatable bonds is 0. The van der Waals surface area contributed by atoms with E-state index in [1.54, 1.807) is 0 Å². The van der Waals surface area contributed by atoms with Crippen LogP contribution in [0.2, 0.25) is 0 Å². The molecule has 1 nitrogen and oxygen atoms in total. The Balaban J connectivity index is 2.35. The van der Waals surface area contributed by atoms with Crippen LogP contribution in [0.5, 0.6) is 0 Å². The van der Waals surface area contributed by atoms with Crippen LogP contribution in [0, 0.1) is 5.41 Å². The fraction of sp³-hybridized carbons (Fsp3) is 1.00. The van der Waals surface area contributed by atoms with Gasteiger partial charge in [-0.05, 0) is 51.2 Å². The molecule has 0 unspecified atom stereocenters. The van der Waals surface area contributed by atoms with Gasteiger partial charge in [0.05, 0.1) is 0 Å². The smallest absolute Gasteiger partial charge is 0.00216 e. The molecule has 1 rings (SSSR count). The minimum absolute atomic E-state index is 0.612. The highest BCUT2D eigenvalue weighted by Crippen LogP contribution is 2.29. The van der Waals surface area contributed by atoms with Crippen LogP contribution in [0.3, 0.4) is 0 Å². The van der Waals surface area contributed by atoms with Crippen LogP contribution in [-0.2, 0) is 0 Å². The second-order valence-electron chi connectivity index (χ2n) is 4.67. The SMILES string of the molecule is CN1CCCC(C)(C)CCC1. The Hall–Kier alpha value is -0.0400. The molecule has 0 aliphatic carbocycles. The van der Waals surface area contributed by atoms with Gasteiger partial charge >= 0.3 is 0 Å². The van der Waals surface area contributed by atoms with Crippen molar-refractivity contribution in [2.24, 2.45) is 5.41 Å². The standard InChI is InChI=1S/C10H21N/c1-10(2)6-4-8-11(3)9-5-7-10/h4-9H2,1-3H3. The third-order valence-electron chi connectivity index (χ3n) is 2.79. The lowest BCUT2D eigenvalue weighted by molar-refractivity contribution is 0.209. The summed E-state index contributed by atoms with van der Waals surface area (Å²) in [7, 11) is 2.23. The van der Waals surface area contributed by atoms with Crippen molar-refractivity contribution in [2.75, 3.05) is 20.1 Å². The highest BCUT2D eigenvalue weighted by atomic mass is 15.1. The monoisotopic (exact) mass is 155 g/mol. The third-order valence-corrected chi connectivity index (χ3v) is 2.79. The van der Waals surface area contributed by atoms with Crippen molar-refractivity contribution < 1.29 is 0 Å². The average molecular weight is 155 g/mol. The van der Waals surface area contributed by atoms with E-state index in [4.69, 9.17) is 0 Å². The minimum atomic E-state index is 0.612. The Morgan fingerprint density at radius 2 is 1.45 bits per heavy atom. The molecule has 66 valence electrons. The first kappa shape index (κ1) is 9.05. The van der Waals surface area contributed by atoms with Crippen molar-refractivity contribution in [1.29, 1.82) is 0 Å². The molecule has 0 spiro atoms. The molecule has 0 bridgehead atoms. The summed E-state index contributed by atoms with van der Waals surface area (Å²) in [4.78, 5) is 2.45. The van der Waals surface area contributed by atoms with Gasteiger partial charge in [-0.2, -0.15) is 0 Å². The molecule has 1 fully saturated rings. The molecule has 1 aliphatic heterocycles. The van der Waals surface area contributed by atoms with E-state index in [-0.39, 0.29) is 0 Å². The normalized spacial score (nSPS) is 27.5. The molecule has 1 saturated heterocycles. The summed E-state index contributed by atoms with van der Waals surface area (Å²) >= 11 is 0. The first-order chi connectivity index (χ1) is 5.10. The molecule has 0 saturated carbocycles. The maximum absolute atomic E-state index is 2.45. The summed E-state index contributed by atoms with van der Waals surface area (Å²) in [6, 6.07) is 0. The topological polar surface area (TPSA) is 3.24 Å². The predicted octanol–water partition coefficient (Wildman–Crippen LogP) is 2.52. The van der Waals surface area contributed by atoms with Crippen molar-refractivity contribution in [3.8, 4) is 0 Å². The van der Waals surface area contributed by atoms with Gasteiger partial charge in [-0.3, -0.25) is 0 Å². The summed E-state index contributed by atoms with van der Waals surface area (Å²) in [6.07, 6.45) is 5.56. The fourth-order valence-electron chi connectivity index (χ4n) is 1.89. The van der Waals surface area contributed by atoms with Gasteiger partial charge in [0.25, 0.3) is 0 Å². The van der Waals surface area contributed by atoms with E-state index in [0.29, 0.717) is 5.41 Å².